The van der Waals surface area contributed by atoms with E-state index in [1.54, 1.807) is 0 Å². The Morgan fingerprint density at radius 3 is 2.54 bits per heavy atom. The molecule has 0 aromatic heterocycles. The third-order valence-electron chi connectivity index (χ3n) is 5.91. The van der Waals surface area contributed by atoms with Gasteiger partial charge in [-0.3, -0.25) is 14.7 Å². The maximum Gasteiger partial charge on any atom is 0.0682 e. The van der Waals surface area contributed by atoms with Crippen LogP contribution in [-0.2, 0) is 6.54 Å². The zero-order valence-electron chi connectivity index (χ0n) is 14.3. The van der Waals surface area contributed by atoms with E-state index in [0.717, 1.165) is 58.7 Å². The SMILES string of the molecule is OCCCN1CC2(CN(Cc3ccccc3)CC3CC(O)CN32)C1. The second-order valence-corrected chi connectivity index (χ2v) is 7.86. The van der Waals surface area contributed by atoms with Crippen LogP contribution >= 0.6 is 0 Å². The van der Waals surface area contributed by atoms with Gasteiger partial charge in [0.1, 0.15) is 0 Å². The molecule has 0 aliphatic carbocycles. The standard InChI is InChI=1S/C19H29N3O2/c23-8-4-7-20-13-19(14-20)15-21(10-16-5-2-1-3-6-16)11-17-9-18(24)12-22(17)19/h1-3,5-6,17-18,23-24H,4,7-15H2. The highest BCUT2D eigenvalue weighted by atomic mass is 16.3. The summed E-state index contributed by atoms with van der Waals surface area (Å²) in [4.78, 5) is 7.62. The first-order valence-electron chi connectivity index (χ1n) is 9.23. The lowest BCUT2D eigenvalue weighted by Gasteiger charge is -2.61. The second-order valence-electron chi connectivity index (χ2n) is 7.86. The van der Waals surface area contributed by atoms with E-state index >= 15 is 0 Å². The van der Waals surface area contributed by atoms with Gasteiger partial charge >= 0.3 is 0 Å². The van der Waals surface area contributed by atoms with E-state index in [0.29, 0.717) is 6.04 Å². The number of piperazine rings is 1. The maximum atomic E-state index is 10.2. The largest absolute Gasteiger partial charge is 0.396 e. The van der Waals surface area contributed by atoms with Gasteiger partial charge in [0, 0.05) is 58.5 Å². The number of benzene rings is 1. The summed E-state index contributed by atoms with van der Waals surface area (Å²) in [5, 5.41) is 19.2. The Morgan fingerprint density at radius 1 is 1.04 bits per heavy atom. The summed E-state index contributed by atoms with van der Waals surface area (Å²) >= 11 is 0. The molecule has 1 spiro atoms. The van der Waals surface area contributed by atoms with Crippen LogP contribution in [0.1, 0.15) is 18.4 Å². The van der Waals surface area contributed by atoms with Crippen molar-refractivity contribution in [2.75, 3.05) is 45.9 Å². The highest BCUT2D eigenvalue weighted by Gasteiger charge is 2.55. The molecule has 3 aliphatic heterocycles. The Hall–Kier alpha value is -0.980. The molecule has 3 saturated heterocycles. The van der Waals surface area contributed by atoms with Gasteiger partial charge in [-0.1, -0.05) is 30.3 Å². The van der Waals surface area contributed by atoms with Gasteiger partial charge in [0.15, 0.2) is 0 Å². The topological polar surface area (TPSA) is 50.2 Å². The van der Waals surface area contributed by atoms with E-state index in [9.17, 15) is 5.11 Å². The van der Waals surface area contributed by atoms with Crippen LogP contribution in [-0.4, -0.2) is 88.5 Å². The molecule has 0 amide bonds. The highest BCUT2D eigenvalue weighted by Crippen LogP contribution is 2.39. The molecule has 2 N–H and O–H groups in total. The first-order chi connectivity index (χ1) is 11.7. The van der Waals surface area contributed by atoms with E-state index in [1.165, 1.54) is 5.56 Å². The minimum Gasteiger partial charge on any atom is -0.396 e. The molecule has 3 fully saturated rings. The van der Waals surface area contributed by atoms with Gasteiger partial charge < -0.3 is 10.2 Å². The molecule has 24 heavy (non-hydrogen) atoms. The monoisotopic (exact) mass is 331 g/mol. The lowest BCUT2D eigenvalue weighted by molar-refractivity contribution is -0.115. The molecule has 5 nitrogen and oxygen atoms in total. The molecule has 4 rings (SSSR count). The minimum absolute atomic E-state index is 0.171. The van der Waals surface area contributed by atoms with Gasteiger partial charge in [0.2, 0.25) is 0 Å². The van der Waals surface area contributed by atoms with Crippen molar-refractivity contribution in [3.05, 3.63) is 35.9 Å². The van der Waals surface area contributed by atoms with Gasteiger partial charge in [-0.05, 0) is 18.4 Å². The molecule has 2 unspecified atom stereocenters. The molecule has 0 saturated carbocycles. The summed E-state index contributed by atoms with van der Waals surface area (Å²) in [6.45, 7) is 7.37. The predicted molar refractivity (Wildman–Crippen MR) is 93.7 cm³/mol. The number of likely N-dealkylation sites (tertiary alicyclic amines) is 1. The number of hydrogen-bond acceptors (Lipinski definition) is 5. The Balaban J connectivity index is 1.45. The maximum absolute atomic E-state index is 10.2. The van der Waals surface area contributed by atoms with Crippen molar-refractivity contribution in [2.24, 2.45) is 0 Å². The molecule has 3 heterocycles. The number of aliphatic hydroxyl groups excluding tert-OH is 2. The first kappa shape index (κ1) is 16.5. The number of fused-ring (bicyclic) bond motifs is 2. The summed E-state index contributed by atoms with van der Waals surface area (Å²) < 4.78 is 0. The first-order valence-corrected chi connectivity index (χ1v) is 9.23. The highest BCUT2D eigenvalue weighted by molar-refractivity contribution is 5.17. The van der Waals surface area contributed by atoms with Crippen LogP contribution in [0.5, 0.6) is 0 Å². The fourth-order valence-corrected chi connectivity index (χ4v) is 5.00. The van der Waals surface area contributed by atoms with Crippen molar-refractivity contribution in [3.8, 4) is 0 Å². The van der Waals surface area contributed by atoms with Gasteiger partial charge in [0.25, 0.3) is 0 Å². The molecule has 3 aliphatic rings. The average molecular weight is 331 g/mol. The fraction of sp³-hybridized carbons (Fsp3) is 0.684. The lowest BCUT2D eigenvalue weighted by atomic mass is 9.83. The normalized spacial score (nSPS) is 30.4. The van der Waals surface area contributed by atoms with Gasteiger partial charge in [-0.15, -0.1) is 0 Å². The quantitative estimate of drug-likeness (QED) is 0.817. The molecule has 1 aromatic rings. The van der Waals surface area contributed by atoms with Crippen molar-refractivity contribution >= 4 is 0 Å². The summed E-state index contributed by atoms with van der Waals surface area (Å²) in [6, 6.07) is 11.2. The fourth-order valence-electron chi connectivity index (χ4n) is 5.00. The van der Waals surface area contributed by atoms with Crippen LogP contribution in [0.25, 0.3) is 0 Å². The Kier molecular flexibility index (Phi) is 4.62. The molecule has 2 atom stereocenters. The molecule has 0 bridgehead atoms. The second kappa shape index (κ2) is 6.73. The number of nitrogens with zero attached hydrogens (tertiary/aromatic N) is 3. The smallest absolute Gasteiger partial charge is 0.0682 e. The molecule has 132 valence electrons. The number of rotatable bonds is 5. The van der Waals surface area contributed by atoms with Gasteiger partial charge in [0.05, 0.1) is 11.6 Å². The van der Waals surface area contributed by atoms with Crippen LogP contribution in [0, 0.1) is 0 Å². The third kappa shape index (κ3) is 3.11. The lowest BCUT2D eigenvalue weighted by Crippen LogP contribution is -2.77. The van der Waals surface area contributed by atoms with E-state index in [4.69, 9.17) is 5.11 Å². The minimum atomic E-state index is -0.171. The number of aliphatic hydroxyl groups is 2. The van der Waals surface area contributed by atoms with E-state index in [1.807, 2.05) is 0 Å². The summed E-state index contributed by atoms with van der Waals surface area (Å²) in [5.74, 6) is 0. The van der Waals surface area contributed by atoms with Crippen LogP contribution in [0.4, 0.5) is 0 Å². The molecular formula is C19H29N3O2. The molecular weight excluding hydrogens is 302 g/mol. The Bertz CT molecular complexity index is 547. The molecule has 0 radical (unpaired) electrons. The van der Waals surface area contributed by atoms with Crippen molar-refractivity contribution < 1.29 is 10.2 Å². The van der Waals surface area contributed by atoms with Crippen molar-refractivity contribution in [3.63, 3.8) is 0 Å². The Morgan fingerprint density at radius 2 is 1.79 bits per heavy atom. The van der Waals surface area contributed by atoms with Gasteiger partial charge in [-0.2, -0.15) is 0 Å². The van der Waals surface area contributed by atoms with Crippen LogP contribution in [0.15, 0.2) is 30.3 Å². The number of β-amino-alcohol motifs (C(OH)–C–C–N with tert-alkyl or cyclic N) is 1. The summed E-state index contributed by atoms with van der Waals surface area (Å²) in [6.07, 6.45) is 1.59. The van der Waals surface area contributed by atoms with Crippen LogP contribution in [0.2, 0.25) is 0 Å². The van der Waals surface area contributed by atoms with Crippen molar-refractivity contribution in [2.45, 2.75) is 37.1 Å². The zero-order valence-corrected chi connectivity index (χ0v) is 14.3. The van der Waals surface area contributed by atoms with E-state index in [2.05, 4.69) is 45.0 Å². The summed E-state index contributed by atoms with van der Waals surface area (Å²) in [5.41, 5.74) is 1.57. The van der Waals surface area contributed by atoms with E-state index in [-0.39, 0.29) is 18.2 Å². The van der Waals surface area contributed by atoms with Crippen LogP contribution < -0.4 is 0 Å². The van der Waals surface area contributed by atoms with Crippen molar-refractivity contribution in [1.82, 2.24) is 14.7 Å². The molecule has 1 aromatic carbocycles. The zero-order chi connectivity index (χ0) is 16.6. The van der Waals surface area contributed by atoms with Crippen molar-refractivity contribution in [1.29, 1.82) is 0 Å². The number of hydrogen-bond donors (Lipinski definition) is 2. The molecule has 5 heteroatoms. The van der Waals surface area contributed by atoms with E-state index < -0.39 is 0 Å². The average Bonchev–Trinajstić information content (AvgIpc) is 2.92. The predicted octanol–water partition coefficient (Wildman–Crippen LogP) is 0.374. The third-order valence-corrected chi connectivity index (χ3v) is 5.91. The Labute approximate surface area is 144 Å². The van der Waals surface area contributed by atoms with Crippen LogP contribution in [0.3, 0.4) is 0 Å². The summed E-state index contributed by atoms with van der Waals surface area (Å²) in [7, 11) is 0. The van der Waals surface area contributed by atoms with Gasteiger partial charge in [-0.25, -0.2) is 0 Å².